The molecule has 0 aliphatic carbocycles. The Labute approximate surface area is 133 Å². The summed E-state index contributed by atoms with van der Waals surface area (Å²) in [6.45, 7) is 6.38. The number of hydrogen-bond donors (Lipinski definition) is 1. The van der Waals surface area contributed by atoms with Gasteiger partial charge in [-0.3, -0.25) is 4.79 Å². The molecule has 2 aliphatic heterocycles. The van der Waals surface area contributed by atoms with E-state index in [0.717, 1.165) is 19.4 Å². The minimum absolute atomic E-state index is 0. The van der Waals surface area contributed by atoms with E-state index in [1.165, 1.54) is 0 Å². The smallest absolute Gasteiger partial charge is 0.236 e. The van der Waals surface area contributed by atoms with Crippen molar-refractivity contribution in [1.82, 2.24) is 14.5 Å². The summed E-state index contributed by atoms with van der Waals surface area (Å²) in [6, 6.07) is 0.0249. The molecule has 0 aromatic heterocycles. The van der Waals surface area contributed by atoms with Gasteiger partial charge < -0.3 is 10.2 Å². The van der Waals surface area contributed by atoms with Crippen molar-refractivity contribution in [2.45, 2.75) is 25.3 Å². The number of sulfonamides is 1. The van der Waals surface area contributed by atoms with E-state index in [-0.39, 0.29) is 30.1 Å². The Morgan fingerprint density at radius 3 is 2.81 bits per heavy atom. The molecule has 1 atom stereocenters. The van der Waals surface area contributed by atoms with Crippen LogP contribution in [0.25, 0.3) is 0 Å². The van der Waals surface area contributed by atoms with Crippen molar-refractivity contribution in [3.05, 3.63) is 12.7 Å². The van der Waals surface area contributed by atoms with E-state index in [2.05, 4.69) is 11.9 Å². The van der Waals surface area contributed by atoms with Crippen LogP contribution in [0.2, 0.25) is 0 Å². The van der Waals surface area contributed by atoms with Gasteiger partial charge in [0, 0.05) is 32.2 Å². The van der Waals surface area contributed by atoms with Crippen LogP contribution >= 0.6 is 12.4 Å². The number of hydrogen-bond acceptors (Lipinski definition) is 4. The Balaban J connectivity index is 0.00000220. The summed E-state index contributed by atoms with van der Waals surface area (Å²) in [5.41, 5.74) is 0. The lowest BCUT2D eigenvalue weighted by Crippen LogP contribution is -2.57. The lowest BCUT2D eigenvalue weighted by Gasteiger charge is -2.40. The monoisotopic (exact) mass is 337 g/mol. The number of piperazine rings is 1. The molecule has 0 radical (unpaired) electrons. The zero-order valence-electron chi connectivity index (χ0n) is 12.2. The van der Waals surface area contributed by atoms with Gasteiger partial charge in [-0.05, 0) is 19.3 Å². The predicted molar refractivity (Wildman–Crippen MR) is 85.0 cm³/mol. The predicted octanol–water partition coefficient (Wildman–Crippen LogP) is 0.210. The Morgan fingerprint density at radius 1 is 1.38 bits per heavy atom. The number of nitrogens with zero attached hydrogens (tertiary/aromatic N) is 2. The highest BCUT2D eigenvalue weighted by atomic mass is 35.5. The molecule has 2 fully saturated rings. The SMILES string of the molecule is C=CCCS(=O)(=O)N1CCCC(N2CCNCC2=O)C1.Cl. The van der Waals surface area contributed by atoms with Gasteiger partial charge in [0.1, 0.15) is 0 Å². The fourth-order valence-corrected chi connectivity index (χ4v) is 4.33. The van der Waals surface area contributed by atoms with Gasteiger partial charge in [0.2, 0.25) is 15.9 Å². The first kappa shape index (κ1) is 18.4. The third-order valence-electron chi connectivity index (χ3n) is 3.90. The van der Waals surface area contributed by atoms with Gasteiger partial charge in [-0.25, -0.2) is 8.42 Å². The van der Waals surface area contributed by atoms with E-state index in [1.807, 2.05) is 4.90 Å². The van der Waals surface area contributed by atoms with Crippen LogP contribution in [-0.2, 0) is 14.8 Å². The molecule has 0 aromatic rings. The Bertz CT molecular complexity index is 469. The zero-order valence-corrected chi connectivity index (χ0v) is 13.8. The number of amides is 1. The van der Waals surface area contributed by atoms with Crippen LogP contribution in [0.4, 0.5) is 0 Å². The van der Waals surface area contributed by atoms with Crippen molar-refractivity contribution < 1.29 is 13.2 Å². The third-order valence-corrected chi connectivity index (χ3v) is 5.77. The zero-order chi connectivity index (χ0) is 14.6. The molecule has 2 heterocycles. The van der Waals surface area contributed by atoms with E-state index in [0.29, 0.717) is 32.6 Å². The van der Waals surface area contributed by atoms with Gasteiger partial charge in [0.05, 0.1) is 12.3 Å². The van der Waals surface area contributed by atoms with Gasteiger partial charge in [-0.15, -0.1) is 19.0 Å². The van der Waals surface area contributed by atoms with Crippen LogP contribution < -0.4 is 5.32 Å². The molecule has 122 valence electrons. The molecule has 0 bridgehead atoms. The molecule has 2 rings (SSSR count). The molecule has 6 nitrogen and oxygen atoms in total. The molecule has 21 heavy (non-hydrogen) atoms. The van der Waals surface area contributed by atoms with Gasteiger partial charge in [-0.1, -0.05) is 6.08 Å². The standard InChI is InChI=1S/C13H23N3O3S.ClH/c1-2-3-9-20(18,19)15-7-4-5-12(11-15)16-8-6-14-10-13(16)17;/h2,12,14H,1,3-11H2;1H. The van der Waals surface area contributed by atoms with Crippen molar-refractivity contribution in [1.29, 1.82) is 0 Å². The highest BCUT2D eigenvalue weighted by Gasteiger charge is 2.33. The van der Waals surface area contributed by atoms with Crippen LogP contribution in [0, 0.1) is 0 Å². The number of carbonyl (C=O) groups excluding carboxylic acids is 1. The fourth-order valence-electron chi connectivity index (χ4n) is 2.80. The summed E-state index contributed by atoms with van der Waals surface area (Å²) in [7, 11) is -3.23. The van der Waals surface area contributed by atoms with Crippen molar-refractivity contribution >= 4 is 28.3 Å². The van der Waals surface area contributed by atoms with E-state index in [4.69, 9.17) is 0 Å². The van der Waals surface area contributed by atoms with Crippen molar-refractivity contribution in [3.8, 4) is 0 Å². The van der Waals surface area contributed by atoms with Crippen LogP contribution in [0.5, 0.6) is 0 Å². The number of piperidine rings is 1. The molecular weight excluding hydrogens is 314 g/mol. The van der Waals surface area contributed by atoms with E-state index in [9.17, 15) is 13.2 Å². The first-order valence-corrected chi connectivity index (χ1v) is 8.74. The van der Waals surface area contributed by atoms with Gasteiger partial charge in [-0.2, -0.15) is 4.31 Å². The van der Waals surface area contributed by atoms with Gasteiger partial charge in [0.25, 0.3) is 0 Å². The maximum atomic E-state index is 12.2. The molecule has 1 unspecified atom stereocenters. The quantitative estimate of drug-likeness (QED) is 0.728. The molecule has 0 saturated carbocycles. The first-order chi connectivity index (χ1) is 9.54. The van der Waals surface area contributed by atoms with E-state index >= 15 is 0 Å². The minimum atomic E-state index is -3.23. The Kier molecular flexibility index (Phi) is 7.12. The molecule has 8 heteroatoms. The third kappa shape index (κ3) is 4.67. The minimum Gasteiger partial charge on any atom is -0.336 e. The summed E-state index contributed by atoms with van der Waals surface area (Å²) in [4.78, 5) is 13.7. The lowest BCUT2D eigenvalue weighted by molar-refractivity contribution is -0.135. The summed E-state index contributed by atoms with van der Waals surface area (Å²) in [6.07, 6.45) is 3.79. The summed E-state index contributed by atoms with van der Waals surface area (Å²) in [5.74, 6) is 0.185. The highest BCUT2D eigenvalue weighted by molar-refractivity contribution is 7.89. The maximum Gasteiger partial charge on any atom is 0.236 e. The van der Waals surface area contributed by atoms with E-state index < -0.39 is 10.0 Å². The second-order valence-corrected chi connectivity index (χ2v) is 7.40. The molecule has 2 saturated heterocycles. The fraction of sp³-hybridized carbons (Fsp3) is 0.769. The number of rotatable bonds is 5. The highest BCUT2D eigenvalue weighted by Crippen LogP contribution is 2.20. The number of allylic oxidation sites excluding steroid dienone is 1. The Hall–Kier alpha value is -0.630. The molecule has 0 aromatic carbocycles. The first-order valence-electron chi connectivity index (χ1n) is 7.13. The average Bonchev–Trinajstić information content (AvgIpc) is 2.46. The van der Waals surface area contributed by atoms with Crippen LogP contribution in [0.15, 0.2) is 12.7 Å². The topological polar surface area (TPSA) is 69.7 Å². The molecule has 2 aliphatic rings. The van der Waals surface area contributed by atoms with Crippen molar-refractivity contribution in [2.75, 3.05) is 38.5 Å². The summed E-state index contributed by atoms with van der Waals surface area (Å²) in [5, 5.41) is 3.04. The van der Waals surface area contributed by atoms with Gasteiger partial charge >= 0.3 is 0 Å². The van der Waals surface area contributed by atoms with Crippen LogP contribution in [0.1, 0.15) is 19.3 Å². The Morgan fingerprint density at radius 2 is 2.14 bits per heavy atom. The van der Waals surface area contributed by atoms with Crippen LogP contribution in [-0.4, -0.2) is 68.0 Å². The second kappa shape index (κ2) is 8.12. The lowest BCUT2D eigenvalue weighted by atomic mass is 10.1. The molecule has 1 amide bonds. The second-order valence-electron chi connectivity index (χ2n) is 5.31. The molecule has 0 spiro atoms. The number of nitrogens with one attached hydrogen (secondary N) is 1. The van der Waals surface area contributed by atoms with Crippen molar-refractivity contribution in [2.24, 2.45) is 0 Å². The van der Waals surface area contributed by atoms with Gasteiger partial charge in [0.15, 0.2) is 0 Å². The molecule has 1 N–H and O–H groups in total. The average molecular weight is 338 g/mol. The largest absolute Gasteiger partial charge is 0.336 e. The molecular formula is C13H24ClN3O3S. The normalized spacial score (nSPS) is 24.5. The summed E-state index contributed by atoms with van der Waals surface area (Å²) >= 11 is 0. The van der Waals surface area contributed by atoms with Crippen molar-refractivity contribution in [3.63, 3.8) is 0 Å². The van der Waals surface area contributed by atoms with Crippen LogP contribution in [0.3, 0.4) is 0 Å². The number of carbonyl (C=O) groups is 1. The van der Waals surface area contributed by atoms with E-state index in [1.54, 1.807) is 10.4 Å². The number of halogens is 1. The summed E-state index contributed by atoms with van der Waals surface area (Å²) < 4.78 is 26.0. The maximum absolute atomic E-state index is 12.2.